The SMILES string of the molecule is C[C@]12CCC3=C4CCC(=O)C=C4CC[C@H]3C13CC3CC2O. The van der Waals surface area contributed by atoms with Gasteiger partial charge in [0.05, 0.1) is 6.10 Å². The van der Waals surface area contributed by atoms with E-state index in [4.69, 9.17) is 0 Å². The Morgan fingerprint density at radius 1 is 1.24 bits per heavy atom. The van der Waals surface area contributed by atoms with Crippen molar-refractivity contribution >= 4 is 5.78 Å². The van der Waals surface area contributed by atoms with Crippen molar-refractivity contribution in [2.24, 2.45) is 22.7 Å². The predicted octanol–water partition coefficient (Wildman–Crippen LogP) is 3.55. The first-order valence-corrected chi connectivity index (χ1v) is 8.70. The fourth-order valence-corrected chi connectivity index (χ4v) is 6.73. The zero-order valence-corrected chi connectivity index (χ0v) is 12.8. The predicted molar refractivity (Wildman–Crippen MR) is 80.6 cm³/mol. The molecule has 0 aromatic carbocycles. The van der Waals surface area contributed by atoms with E-state index in [1.807, 2.05) is 6.08 Å². The highest BCUT2D eigenvalue weighted by Crippen LogP contribution is 2.81. The fraction of sp³-hybridized carbons (Fsp3) is 0.737. The maximum Gasteiger partial charge on any atom is 0.156 e. The molecule has 0 heterocycles. The zero-order valence-electron chi connectivity index (χ0n) is 12.8. The lowest BCUT2D eigenvalue weighted by Gasteiger charge is -2.51. The van der Waals surface area contributed by atoms with Crippen LogP contribution in [0.25, 0.3) is 0 Å². The molecule has 0 saturated heterocycles. The summed E-state index contributed by atoms with van der Waals surface area (Å²) in [5, 5.41) is 10.6. The topological polar surface area (TPSA) is 37.3 Å². The number of hydrogen-bond acceptors (Lipinski definition) is 2. The number of carbonyl (C=O) groups is 1. The Kier molecular flexibility index (Phi) is 2.23. The van der Waals surface area contributed by atoms with Gasteiger partial charge in [0.15, 0.2) is 5.78 Å². The smallest absolute Gasteiger partial charge is 0.156 e. The van der Waals surface area contributed by atoms with Gasteiger partial charge in [0, 0.05) is 11.8 Å². The van der Waals surface area contributed by atoms with Crippen LogP contribution in [-0.2, 0) is 4.79 Å². The Bertz CT molecular complexity index is 613. The van der Waals surface area contributed by atoms with Crippen LogP contribution in [0.3, 0.4) is 0 Å². The third-order valence-electron chi connectivity index (χ3n) is 7.85. The minimum atomic E-state index is -0.0762. The van der Waals surface area contributed by atoms with E-state index in [1.165, 1.54) is 18.4 Å². The molecular formula is C19H24O2. The first kappa shape index (κ1) is 12.6. The third kappa shape index (κ3) is 1.32. The number of fused-ring (bicyclic) bond motifs is 2. The van der Waals surface area contributed by atoms with E-state index >= 15 is 0 Å². The molecule has 5 rings (SSSR count). The lowest BCUT2D eigenvalue weighted by atomic mass is 9.54. The van der Waals surface area contributed by atoms with Crippen molar-refractivity contribution in [3.05, 3.63) is 22.8 Å². The molecule has 21 heavy (non-hydrogen) atoms. The summed E-state index contributed by atoms with van der Waals surface area (Å²) < 4.78 is 0. The van der Waals surface area contributed by atoms with Crippen molar-refractivity contribution in [1.82, 2.24) is 0 Å². The Morgan fingerprint density at radius 2 is 2.10 bits per heavy atom. The third-order valence-corrected chi connectivity index (χ3v) is 7.85. The van der Waals surface area contributed by atoms with E-state index in [0.717, 1.165) is 38.0 Å². The summed E-state index contributed by atoms with van der Waals surface area (Å²) in [5.74, 6) is 1.81. The number of allylic oxidation sites excluding steroid dienone is 4. The Balaban J connectivity index is 1.63. The van der Waals surface area contributed by atoms with Crippen molar-refractivity contribution in [2.45, 2.75) is 64.4 Å². The minimum Gasteiger partial charge on any atom is -0.393 e. The molecule has 3 saturated carbocycles. The Hall–Kier alpha value is -0.890. The van der Waals surface area contributed by atoms with Gasteiger partial charge < -0.3 is 5.11 Å². The Morgan fingerprint density at radius 3 is 2.95 bits per heavy atom. The lowest BCUT2D eigenvalue weighted by molar-refractivity contribution is -0.114. The number of aliphatic hydroxyl groups excluding tert-OH is 1. The molecule has 2 nitrogen and oxygen atoms in total. The highest BCUT2D eigenvalue weighted by atomic mass is 16.3. The number of rotatable bonds is 0. The molecule has 112 valence electrons. The molecule has 0 aromatic heterocycles. The van der Waals surface area contributed by atoms with E-state index in [1.54, 1.807) is 11.1 Å². The molecule has 0 aromatic rings. The van der Waals surface area contributed by atoms with E-state index in [9.17, 15) is 9.90 Å². The van der Waals surface area contributed by atoms with Crippen LogP contribution >= 0.6 is 0 Å². The molecule has 2 heteroatoms. The molecule has 1 N–H and O–H groups in total. The quantitative estimate of drug-likeness (QED) is 0.738. The molecule has 5 aliphatic rings. The van der Waals surface area contributed by atoms with Gasteiger partial charge in [-0.05, 0) is 79.4 Å². The molecule has 0 aliphatic heterocycles. The highest BCUT2D eigenvalue weighted by Gasteiger charge is 2.76. The van der Waals surface area contributed by atoms with Gasteiger partial charge in [-0.15, -0.1) is 0 Å². The summed E-state index contributed by atoms with van der Waals surface area (Å²) in [6.07, 6.45) is 10.6. The molecule has 5 aliphatic carbocycles. The molecule has 0 radical (unpaired) electrons. The van der Waals surface area contributed by atoms with Crippen LogP contribution in [0.4, 0.5) is 0 Å². The maximum atomic E-state index is 11.7. The van der Waals surface area contributed by atoms with Gasteiger partial charge in [-0.25, -0.2) is 0 Å². The molecule has 0 amide bonds. The first-order valence-electron chi connectivity index (χ1n) is 8.70. The van der Waals surface area contributed by atoms with Gasteiger partial charge in [0.1, 0.15) is 0 Å². The van der Waals surface area contributed by atoms with Crippen LogP contribution in [0.15, 0.2) is 22.8 Å². The summed E-state index contributed by atoms with van der Waals surface area (Å²) in [4.78, 5) is 11.7. The molecule has 1 spiro atoms. The summed E-state index contributed by atoms with van der Waals surface area (Å²) >= 11 is 0. The molecule has 5 atom stereocenters. The average molecular weight is 284 g/mol. The normalized spacial score (nSPS) is 50.9. The number of ketones is 1. The van der Waals surface area contributed by atoms with E-state index in [-0.39, 0.29) is 11.5 Å². The average Bonchev–Trinajstić information content (AvgIpc) is 3.12. The molecular weight excluding hydrogens is 260 g/mol. The number of hydrogen-bond donors (Lipinski definition) is 1. The van der Waals surface area contributed by atoms with Crippen LogP contribution in [0.1, 0.15) is 58.3 Å². The summed E-state index contributed by atoms with van der Waals surface area (Å²) in [7, 11) is 0. The van der Waals surface area contributed by atoms with Gasteiger partial charge in [-0.1, -0.05) is 12.5 Å². The number of carbonyl (C=O) groups excluding carboxylic acids is 1. The molecule has 3 fully saturated rings. The molecule has 0 bridgehead atoms. The second-order valence-electron chi connectivity index (χ2n) is 8.34. The second kappa shape index (κ2) is 3.71. The van der Waals surface area contributed by atoms with Crippen LogP contribution in [-0.4, -0.2) is 17.0 Å². The van der Waals surface area contributed by atoms with Crippen LogP contribution < -0.4 is 0 Å². The lowest BCUT2D eigenvalue weighted by Crippen LogP contribution is -2.45. The van der Waals surface area contributed by atoms with Gasteiger partial charge >= 0.3 is 0 Å². The van der Waals surface area contributed by atoms with Crippen LogP contribution in [0.2, 0.25) is 0 Å². The van der Waals surface area contributed by atoms with Crippen molar-refractivity contribution in [1.29, 1.82) is 0 Å². The van der Waals surface area contributed by atoms with Crippen LogP contribution in [0.5, 0.6) is 0 Å². The minimum absolute atomic E-state index is 0.0762. The summed E-state index contributed by atoms with van der Waals surface area (Å²) in [5.41, 5.74) is 5.18. The van der Waals surface area contributed by atoms with Gasteiger partial charge in [-0.3, -0.25) is 4.79 Å². The first-order chi connectivity index (χ1) is 10.1. The number of aliphatic hydroxyl groups is 1. The second-order valence-corrected chi connectivity index (χ2v) is 8.34. The maximum absolute atomic E-state index is 11.7. The molecule has 3 unspecified atom stereocenters. The van der Waals surface area contributed by atoms with Gasteiger partial charge in [-0.2, -0.15) is 0 Å². The van der Waals surface area contributed by atoms with Crippen LogP contribution in [0, 0.1) is 22.7 Å². The summed E-state index contributed by atoms with van der Waals surface area (Å²) in [6, 6.07) is 0. The van der Waals surface area contributed by atoms with Crippen molar-refractivity contribution in [2.75, 3.05) is 0 Å². The van der Waals surface area contributed by atoms with Gasteiger partial charge in [0.25, 0.3) is 0 Å². The standard InChI is InChI=1S/C19H24O2/c1-18-7-6-15-14-4-3-13(20)8-11(14)2-5-16(15)19(18)10-12(19)9-17(18)21/h8,12,16-17,21H,2-7,9-10H2,1H3/t12?,16-,17?,18-,19?/m1/s1. The largest absolute Gasteiger partial charge is 0.393 e. The Labute approximate surface area is 126 Å². The highest BCUT2D eigenvalue weighted by molar-refractivity contribution is 5.93. The van der Waals surface area contributed by atoms with E-state index in [2.05, 4.69) is 6.92 Å². The van der Waals surface area contributed by atoms with E-state index in [0.29, 0.717) is 23.5 Å². The zero-order chi connectivity index (χ0) is 14.4. The monoisotopic (exact) mass is 284 g/mol. The van der Waals surface area contributed by atoms with Gasteiger partial charge in [0.2, 0.25) is 0 Å². The van der Waals surface area contributed by atoms with E-state index < -0.39 is 0 Å². The fourth-order valence-electron chi connectivity index (χ4n) is 6.73. The van der Waals surface area contributed by atoms with Crippen molar-refractivity contribution in [3.8, 4) is 0 Å². The van der Waals surface area contributed by atoms with Crippen molar-refractivity contribution < 1.29 is 9.90 Å². The summed E-state index contributed by atoms with van der Waals surface area (Å²) in [6.45, 7) is 2.36. The van der Waals surface area contributed by atoms with Crippen molar-refractivity contribution in [3.63, 3.8) is 0 Å².